The molecule has 1 heterocycles. The Morgan fingerprint density at radius 1 is 0.900 bits per heavy atom. The zero-order valence-corrected chi connectivity index (χ0v) is 13.5. The largest absolute Gasteiger partial charge is 0.113 e. The van der Waals surface area contributed by atoms with Gasteiger partial charge in [0.1, 0.15) is 0 Å². The Hall–Kier alpha value is -1.12. The average molecular weight is 298 g/mol. The van der Waals surface area contributed by atoms with E-state index in [1.807, 2.05) is 23.5 Å². The Labute approximate surface area is 129 Å². The number of benzene rings is 2. The molecule has 1 aliphatic heterocycles. The lowest BCUT2D eigenvalue weighted by atomic mass is 10.1. The monoisotopic (exact) mass is 298 g/mol. The van der Waals surface area contributed by atoms with Crippen molar-refractivity contribution in [3.63, 3.8) is 0 Å². The first-order valence-corrected chi connectivity index (χ1v) is 8.92. The lowest BCUT2D eigenvalue weighted by Crippen LogP contribution is -1.87. The summed E-state index contributed by atoms with van der Waals surface area (Å²) in [6.45, 7) is 4.40. The van der Waals surface area contributed by atoms with Crippen LogP contribution in [0.5, 0.6) is 0 Å². The van der Waals surface area contributed by atoms with Gasteiger partial charge in [-0.15, -0.1) is 23.5 Å². The molecule has 0 amide bonds. The van der Waals surface area contributed by atoms with Crippen molar-refractivity contribution >= 4 is 33.3 Å². The number of hydrogen-bond acceptors (Lipinski definition) is 2. The quantitative estimate of drug-likeness (QED) is 0.700. The van der Waals surface area contributed by atoms with E-state index in [1.54, 1.807) is 0 Å². The summed E-state index contributed by atoms with van der Waals surface area (Å²) < 4.78 is 0. The van der Waals surface area contributed by atoms with Crippen molar-refractivity contribution in [3.8, 4) is 0 Å². The van der Waals surface area contributed by atoms with Crippen molar-refractivity contribution in [2.75, 3.05) is 5.08 Å². The highest BCUT2D eigenvalue weighted by Crippen LogP contribution is 2.50. The van der Waals surface area contributed by atoms with E-state index in [-0.39, 0.29) is 0 Å². The van der Waals surface area contributed by atoms with Crippen molar-refractivity contribution in [1.82, 2.24) is 0 Å². The summed E-state index contributed by atoms with van der Waals surface area (Å²) in [7, 11) is 0. The molecule has 0 fully saturated rings. The second-order valence-corrected chi connectivity index (χ2v) is 7.27. The van der Waals surface area contributed by atoms with Crippen LogP contribution in [0, 0.1) is 6.92 Å². The SMILES string of the molecule is CCc1ccc(C2=C(c3ccccc3C)SCS2)cc1. The van der Waals surface area contributed by atoms with Crippen LogP contribution in [-0.2, 0) is 6.42 Å². The molecule has 0 atom stereocenters. The summed E-state index contributed by atoms with van der Waals surface area (Å²) in [6, 6.07) is 17.7. The second-order valence-electron chi connectivity index (χ2n) is 4.93. The molecular formula is C18H18S2. The molecule has 2 aromatic rings. The molecule has 0 unspecified atom stereocenters. The third-order valence-corrected chi connectivity index (χ3v) is 6.14. The molecular weight excluding hydrogens is 280 g/mol. The molecule has 3 rings (SSSR count). The number of aryl methyl sites for hydroxylation is 2. The smallest absolute Gasteiger partial charge is 0.0488 e. The van der Waals surface area contributed by atoms with Gasteiger partial charge in [0.2, 0.25) is 0 Å². The Balaban J connectivity index is 2.05. The van der Waals surface area contributed by atoms with E-state index in [0.717, 1.165) is 11.5 Å². The van der Waals surface area contributed by atoms with Gasteiger partial charge in [-0.1, -0.05) is 55.5 Å². The molecule has 0 N–H and O–H groups in total. The van der Waals surface area contributed by atoms with E-state index in [0.29, 0.717) is 0 Å². The average Bonchev–Trinajstić information content (AvgIpc) is 2.97. The first-order valence-electron chi connectivity index (χ1n) is 6.94. The van der Waals surface area contributed by atoms with Crippen LogP contribution in [0.4, 0.5) is 0 Å². The predicted molar refractivity (Wildman–Crippen MR) is 93.9 cm³/mol. The zero-order chi connectivity index (χ0) is 13.9. The summed E-state index contributed by atoms with van der Waals surface area (Å²) in [4.78, 5) is 2.88. The van der Waals surface area contributed by atoms with E-state index in [1.165, 1.54) is 32.1 Å². The lowest BCUT2D eigenvalue weighted by Gasteiger charge is -2.09. The fraction of sp³-hybridized carbons (Fsp3) is 0.222. The van der Waals surface area contributed by atoms with Crippen molar-refractivity contribution in [3.05, 3.63) is 70.8 Å². The highest BCUT2D eigenvalue weighted by Gasteiger charge is 2.20. The van der Waals surface area contributed by atoms with Crippen molar-refractivity contribution in [1.29, 1.82) is 0 Å². The van der Waals surface area contributed by atoms with Gasteiger partial charge in [-0.2, -0.15) is 0 Å². The van der Waals surface area contributed by atoms with E-state index in [2.05, 4.69) is 62.4 Å². The van der Waals surface area contributed by atoms with Gasteiger partial charge in [0.05, 0.1) is 0 Å². The second kappa shape index (κ2) is 6.11. The maximum Gasteiger partial charge on any atom is 0.0488 e. The summed E-state index contributed by atoms with van der Waals surface area (Å²) in [6.07, 6.45) is 1.10. The van der Waals surface area contributed by atoms with Crippen LogP contribution in [0.3, 0.4) is 0 Å². The highest BCUT2D eigenvalue weighted by atomic mass is 32.2. The first-order chi connectivity index (χ1) is 9.79. The molecule has 0 saturated heterocycles. The standard InChI is InChI=1S/C18H18S2/c1-3-14-8-10-15(11-9-14)17-18(20-12-19-17)16-7-5-4-6-13(16)2/h4-11H,3,12H2,1-2H3. The predicted octanol–water partition coefficient (Wildman–Crippen LogP) is 5.82. The topological polar surface area (TPSA) is 0 Å². The molecule has 20 heavy (non-hydrogen) atoms. The summed E-state index contributed by atoms with van der Waals surface area (Å²) in [5.41, 5.74) is 5.51. The lowest BCUT2D eigenvalue weighted by molar-refractivity contribution is 1.14. The van der Waals surface area contributed by atoms with Crippen LogP contribution >= 0.6 is 23.5 Å². The van der Waals surface area contributed by atoms with Crippen molar-refractivity contribution < 1.29 is 0 Å². The Bertz CT molecular complexity index is 639. The first kappa shape index (κ1) is 13.8. The van der Waals surface area contributed by atoms with Crippen LogP contribution < -0.4 is 0 Å². The molecule has 0 spiro atoms. The van der Waals surface area contributed by atoms with Gasteiger partial charge in [-0.25, -0.2) is 0 Å². The maximum atomic E-state index is 2.27. The van der Waals surface area contributed by atoms with Crippen molar-refractivity contribution in [2.24, 2.45) is 0 Å². The molecule has 2 aromatic carbocycles. The van der Waals surface area contributed by atoms with E-state index in [9.17, 15) is 0 Å². The van der Waals surface area contributed by atoms with Gasteiger partial charge in [0, 0.05) is 14.9 Å². The van der Waals surface area contributed by atoms with E-state index in [4.69, 9.17) is 0 Å². The van der Waals surface area contributed by atoms with Gasteiger partial charge >= 0.3 is 0 Å². The fourth-order valence-electron chi connectivity index (χ4n) is 2.41. The molecule has 0 saturated carbocycles. The molecule has 0 aliphatic carbocycles. The minimum absolute atomic E-state index is 1.10. The van der Waals surface area contributed by atoms with E-state index < -0.39 is 0 Å². The van der Waals surface area contributed by atoms with Gasteiger partial charge in [-0.3, -0.25) is 0 Å². The van der Waals surface area contributed by atoms with Crippen molar-refractivity contribution in [2.45, 2.75) is 20.3 Å². The normalized spacial score (nSPS) is 14.9. The minimum atomic E-state index is 1.10. The van der Waals surface area contributed by atoms with Gasteiger partial charge in [0.25, 0.3) is 0 Å². The summed E-state index contributed by atoms with van der Waals surface area (Å²) in [5, 5.41) is 1.12. The van der Waals surface area contributed by atoms with Crippen LogP contribution in [0.1, 0.15) is 29.2 Å². The van der Waals surface area contributed by atoms with Crippen LogP contribution in [-0.4, -0.2) is 5.08 Å². The molecule has 0 bridgehead atoms. The highest BCUT2D eigenvalue weighted by molar-refractivity contribution is 8.28. The van der Waals surface area contributed by atoms with Crippen LogP contribution in [0.25, 0.3) is 9.81 Å². The Morgan fingerprint density at radius 3 is 2.30 bits per heavy atom. The molecule has 2 heteroatoms. The van der Waals surface area contributed by atoms with Gasteiger partial charge < -0.3 is 0 Å². The number of rotatable bonds is 3. The zero-order valence-electron chi connectivity index (χ0n) is 11.8. The summed E-state index contributed by atoms with van der Waals surface area (Å²) >= 11 is 3.93. The van der Waals surface area contributed by atoms with Gasteiger partial charge in [0.15, 0.2) is 0 Å². The van der Waals surface area contributed by atoms with Crippen LogP contribution in [0.2, 0.25) is 0 Å². The molecule has 0 nitrogen and oxygen atoms in total. The Morgan fingerprint density at radius 2 is 1.60 bits per heavy atom. The number of thioether (sulfide) groups is 2. The summed E-state index contributed by atoms with van der Waals surface area (Å²) in [5.74, 6) is 0. The van der Waals surface area contributed by atoms with Gasteiger partial charge in [-0.05, 0) is 35.6 Å². The molecule has 1 aliphatic rings. The minimum Gasteiger partial charge on any atom is -0.113 e. The third-order valence-electron chi connectivity index (χ3n) is 3.63. The fourth-order valence-corrected chi connectivity index (χ4v) is 5.12. The van der Waals surface area contributed by atoms with E-state index >= 15 is 0 Å². The van der Waals surface area contributed by atoms with Crippen LogP contribution in [0.15, 0.2) is 48.5 Å². The third kappa shape index (κ3) is 2.68. The number of hydrogen-bond donors (Lipinski definition) is 0. The maximum absolute atomic E-state index is 2.27. The molecule has 102 valence electrons. The molecule has 0 radical (unpaired) electrons. The Kier molecular flexibility index (Phi) is 4.23. The molecule has 0 aromatic heterocycles.